The minimum absolute atomic E-state index is 0.0699. The molecule has 0 saturated heterocycles. The van der Waals surface area contributed by atoms with Gasteiger partial charge in [-0.05, 0) is 24.6 Å². The highest BCUT2D eigenvalue weighted by Crippen LogP contribution is 2.42. The zero-order chi connectivity index (χ0) is 21.8. The summed E-state index contributed by atoms with van der Waals surface area (Å²) in [5.41, 5.74) is 1.13. The number of carboxylic acids is 2. The van der Waals surface area contributed by atoms with Crippen molar-refractivity contribution in [2.45, 2.75) is 25.9 Å². The molecule has 3 N–H and O–H groups in total. The SMILES string of the molecule is Cc1c(-c2cccc(NC(=O)CCC(F)(F)F)c2)sc(C(=O)O)c1OCC(=O)O. The summed E-state index contributed by atoms with van der Waals surface area (Å²) in [4.78, 5) is 34.2. The number of anilines is 1. The van der Waals surface area contributed by atoms with Crippen LogP contribution in [0.1, 0.15) is 28.1 Å². The van der Waals surface area contributed by atoms with E-state index in [1.165, 1.54) is 12.1 Å². The van der Waals surface area contributed by atoms with Crippen molar-refractivity contribution in [3.05, 3.63) is 34.7 Å². The zero-order valence-electron chi connectivity index (χ0n) is 15.0. The van der Waals surface area contributed by atoms with Crippen LogP contribution >= 0.6 is 11.3 Å². The van der Waals surface area contributed by atoms with Crippen LogP contribution < -0.4 is 10.1 Å². The van der Waals surface area contributed by atoms with Crippen LogP contribution in [0, 0.1) is 6.92 Å². The van der Waals surface area contributed by atoms with Gasteiger partial charge in [0.15, 0.2) is 11.5 Å². The maximum Gasteiger partial charge on any atom is 0.389 e. The zero-order valence-corrected chi connectivity index (χ0v) is 15.8. The van der Waals surface area contributed by atoms with E-state index >= 15 is 0 Å². The lowest BCUT2D eigenvalue weighted by molar-refractivity contribution is -0.142. The molecule has 0 saturated carbocycles. The number of carbonyl (C=O) groups excluding carboxylic acids is 1. The first-order chi connectivity index (χ1) is 13.5. The number of hydrogen-bond donors (Lipinski definition) is 3. The number of benzene rings is 1. The van der Waals surface area contributed by atoms with E-state index < -0.39 is 43.5 Å². The van der Waals surface area contributed by atoms with Gasteiger partial charge in [-0.2, -0.15) is 13.2 Å². The van der Waals surface area contributed by atoms with Gasteiger partial charge < -0.3 is 20.3 Å². The molecule has 0 aliphatic heterocycles. The van der Waals surface area contributed by atoms with Crippen molar-refractivity contribution in [1.82, 2.24) is 0 Å². The Morgan fingerprint density at radius 3 is 2.48 bits per heavy atom. The average molecular weight is 431 g/mol. The van der Waals surface area contributed by atoms with Gasteiger partial charge >= 0.3 is 18.1 Å². The molecule has 0 fully saturated rings. The molecule has 0 unspecified atom stereocenters. The third-order valence-electron chi connectivity index (χ3n) is 3.67. The van der Waals surface area contributed by atoms with E-state index in [0.717, 1.165) is 11.3 Å². The third-order valence-corrected chi connectivity index (χ3v) is 4.98. The fraction of sp³-hybridized carbons (Fsp3) is 0.278. The van der Waals surface area contributed by atoms with Crippen molar-refractivity contribution in [2.24, 2.45) is 0 Å². The third kappa shape index (κ3) is 6.21. The number of alkyl halides is 3. The summed E-state index contributed by atoms with van der Waals surface area (Å²) in [6, 6.07) is 6.14. The van der Waals surface area contributed by atoms with Gasteiger partial charge in [0.2, 0.25) is 5.91 Å². The molecule has 1 heterocycles. The maximum atomic E-state index is 12.2. The van der Waals surface area contributed by atoms with Gasteiger partial charge in [-0.15, -0.1) is 11.3 Å². The molecule has 2 aromatic rings. The number of hydrogen-bond acceptors (Lipinski definition) is 5. The Balaban J connectivity index is 2.28. The van der Waals surface area contributed by atoms with Gasteiger partial charge in [0.05, 0.1) is 6.42 Å². The largest absolute Gasteiger partial charge is 0.480 e. The highest BCUT2D eigenvalue weighted by atomic mass is 32.1. The number of amides is 1. The molecule has 0 aliphatic carbocycles. The smallest absolute Gasteiger partial charge is 0.389 e. The van der Waals surface area contributed by atoms with Crippen molar-refractivity contribution in [3.63, 3.8) is 0 Å². The Morgan fingerprint density at radius 2 is 1.90 bits per heavy atom. The molecule has 7 nitrogen and oxygen atoms in total. The maximum absolute atomic E-state index is 12.2. The van der Waals surface area contributed by atoms with Gasteiger partial charge in [0.25, 0.3) is 0 Å². The van der Waals surface area contributed by atoms with Crippen molar-refractivity contribution in [2.75, 3.05) is 11.9 Å². The van der Waals surface area contributed by atoms with Gasteiger partial charge in [0, 0.05) is 22.5 Å². The summed E-state index contributed by atoms with van der Waals surface area (Å²) in [5.74, 6) is -3.43. The number of rotatable bonds is 8. The molecule has 11 heteroatoms. The lowest BCUT2D eigenvalue weighted by Crippen LogP contribution is -2.16. The number of aromatic carboxylic acids is 1. The number of thiophene rings is 1. The number of halogens is 3. The minimum Gasteiger partial charge on any atom is -0.480 e. The number of nitrogens with one attached hydrogen (secondary N) is 1. The van der Waals surface area contributed by atoms with Crippen molar-refractivity contribution < 1.29 is 42.5 Å². The van der Waals surface area contributed by atoms with E-state index in [2.05, 4.69) is 5.32 Å². The summed E-state index contributed by atoms with van der Waals surface area (Å²) in [6.07, 6.45) is -6.40. The van der Waals surface area contributed by atoms with E-state index in [0.29, 0.717) is 16.0 Å². The van der Waals surface area contributed by atoms with Gasteiger partial charge in [-0.3, -0.25) is 4.79 Å². The van der Waals surface area contributed by atoms with Crippen LogP contribution in [0.25, 0.3) is 10.4 Å². The summed E-state index contributed by atoms with van der Waals surface area (Å²) in [5, 5.41) is 20.5. The summed E-state index contributed by atoms with van der Waals surface area (Å²) >= 11 is 0.861. The normalized spacial score (nSPS) is 11.2. The topological polar surface area (TPSA) is 113 Å². The van der Waals surface area contributed by atoms with Crippen molar-refractivity contribution in [1.29, 1.82) is 0 Å². The standard InChI is InChI=1S/C18H16F3NO6S/c1-9-14(28-8-13(24)25)16(17(26)27)29-15(9)10-3-2-4-11(7-10)22-12(23)5-6-18(19,20)21/h2-4,7H,5-6,8H2,1H3,(H,22,23)(H,24,25)(H,26,27). The molecule has 156 valence electrons. The van der Waals surface area contributed by atoms with Crippen LogP contribution in [0.4, 0.5) is 18.9 Å². The predicted octanol–water partition coefficient (Wildman–Crippen LogP) is 4.17. The predicted molar refractivity (Wildman–Crippen MR) is 98.5 cm³/mol. The first-order valence-electron chi connectivity index (χ1n) is 8.16. The molecule has 1 aromatic heterocycles. The van der Waals surface area contributed by atoms with Crippen LogP contribution in [0.3, 0.4) is 0 Å². The van der Waals surface area contributed by atoms with Crippen LogP contribution in [0.15, 0.2) is 24.3 Å². The second kappa shape index (κ2) is 8.95. The number of aliphatic carboxylic acids is 1. The van der Waals surface area contributed by atoms with E-state index in [1.54, 1.807) is 19.1 Å². The Morgan fingerprint density at radius 1 is 1.21 bits per heavy atom. The van der Waals surface area contributed by atoms with E-state index in [1.807, 2.05) is 0 Å². The Labute approximate surface area is 166 Å². The van der Waals surface area contributed by atoms with Crippen LogP contribution in [-0.4, -0.2) is 40.8 Å². The first kappa shape index (κ1) is 22.2. The summed E-state index contributed by atoms with van der Waals surface area (Å²) < 4.78 is 41.8. The first-order valence-corrected chi connectivity index (χ1v) is 8.98. The highest BCUT2D eigenvalue weighted by molar-refractivity contribution is 7.18. The van der Waals surface area contributed by atoms with Crippen LogP contribution in [0.2, 0.25) is 0 Å². The second-order valence-corrected chi connectivity index (χ2v) is 6.97. The lowest BCUT2D eigenvalue weighted by atomic mass is 10.1. The van der Waals surface area contributed by atoms with Crippen LogP contribution in [-0.2, 0) is 9.59 Å². The van der Waals surface area contributed by atoms with Crippen molar-refractivity contribution in [3.8, 4) is 16.2 Å². The Hall–Kier alpha value is -3.08. The summed E-state index contributed by atoms with van der Waals surface area (Å²) in [6.45, 7) is 0.844. The second-order valence-electron chi connectivity index (χ2n) is 5.95. The number of carbonyl (C=O) groups is 3. The molecule has 0 radical (unpaired) electrons. The molecule has 0 aliphatic rings. The molecule has 1 aromatic carbocycles. The molecule has 0 atom stereocenters. The molecule has 0 bridgehead atoms. The highest BCUT2D eigenvalue weighted by Gasteiger charge is 2.28. The number of carboxylic acid groups (broad SMARTS) is 2. The monoisotopic (exact) mass is 431 g/mol. The van der Waals surface area contributed by atoms with Crippen molar-refractivity contribution >= 4 is 34.9 Å². The van der Waals surface area contributed by atoms with E-state index in [4.69, 9.17) is 9.84 Å². The average Bonchev–Trinajstić information content (AvgIpc) is 2.94. The Kier molecular flexibility index (Phi) is 6.85. The fourth-order valence-electron chi connectivity index (χ4n) is 2.44. The molecule has 29 heavy (non-hydrogen) atoms. The molecule has 2 rings (SSSR count). The fourth-order valence-corrected chi connectivity index (χ4v) is 3.53. The number of ether oxygens (including phenoxy) is 1. The quantitative estimate of drug-likeness (QED) is 0.578. The summed E-state index contributed by atoms with van der Waals surface area (Å²) in [7, 11) is 0. The van der Waals surface area contributed by atoms with Gasteiger partial charge in [-0.25, -0.2) is 9.59 Å². The molecular formula is C18H16F3NO6S. The lowest BCUT2D eigenvalue weighted by Gasteiger charge is -2.09. The van der Waals surface area contributed by atoms with E-state index in [9.17, 15) is 32.7 Å². The minimum atomic E-state index is -4.44. The van der Waals surface area contributed by atoms with E-state index in [-0.39, 0.29) is 16.3 Å². The molecular weight excluding hydrogens is 415 g/mol. The van der Waals surface area contributed by atoms with Crippen LogP contribution in [0.5, 0.6) is 5.75 Å². The van der Waals surface area contributed by atoms with Gasteiger partial charge in [-0.1, -0.05) is 12.1 Å². The molecule has 1 amide bonds. The Bertz CT molecular complexity index is 938. The molecule has 0 spiro atoms. The van der Waals surface area contributed by atoms with Gasteiger partial charge in [0.1, 0.15) is 5.75 Å².